The van der Waals surface area contributed by atoms with E-state index in [9.17, 15) is 19.8 Å². The number of allylic oxidation sites excluding steroid dienone is 7. The van der Waals surface area contributed by atoms with Crippen molar-refractivity contribution in [3.05, 3.63) is 48.6 Å². The Morgan fingerprint density at radius 3 is 1.08 bits per heavy atom. The van der Waals surface area contributed by atoms with Crippen molar-refractivity contribution in [2.45, 2.75) is 341 Å². The Bertz CT molecular complexity index is 1190. The third-order valence-electron chi connectivity index (χ3n) is 14.3. The van der Waals surface area contributed by atoms with Gasteiger partial charge in [-0.15, -0.1) is 0 Å². The van der Waals surface area contributed by atoms with Crippen LogP contribution in [0.1, 0.15) is 328 Å². The maximum Gasteiger partial charge on any atom is 0.305 e. The fourth-order valence-electron chi connectivity index (χ4n) is 9.48. The van der Waals surface area contributed by atoms with Crippen LogP contribution in [0.15, 0.2) is 48.6 Å². The number of amides is 1. The lowest BCUT2D eigenvalue weighted by atomic mass is 10.0. The molecule has 0 fully saturated rings. The highest BCUT2D eigenvalue weighted by atomic mass is 16.5. The van der Waals surface area contributed by atoms with E-state index in [-0.39, 0.29) is 18.5 Å². The largest absolute Gasteiger partial charge is 0.466 e. The molecule has 416 valence electrons. The number of nitrogens with one attached hydrogen (secondary N) is 1. The number of rotatable bonds is 58. The van der Waals surface area contributed by atoms with Gasteiger partial charge in [-0.3, -0.25) is 9.59 Å². The van der Waals surface area contributed by atoms with Crippen molar-refractivity contribution < 1.29 is 24.5 Å². The average molecular weight is 997 g/mol. The van der Waals surface area contributed by atoms with Crippen molar-refractivity contribution in [3.63, 3.8) is 0 Å². The molecule has 0 aliphatic carbocycles. The van der Waals surface area contributed by atoms with Gasteiger partial charge in [0.05, 0.1) is 25.4 Å². The second-order valence-electron chi connectivity index (χ2n) is 21.4. The first-order chi connectivity index (χ1) is 35.0. The van der Waals surface area contributed by atoms with Crippen LogP contribution < -0.4 is 5.32 Å². The summed E-state index contributed by atoms with van der Waals surface area (Å²) in [7, 11) is 0. The summed E-state index contributed by atoms with van der Waals surface area (Å²) in [6, 6.07) is -0.637. The van der Waals surface area contributed by atoms with Crippen molar-refractivity contribution >= 4 is 11.9 Å². The molecule has 0 spiro atoms. The number of hydrogen-bond acceptors (Lipinski definition) is 5. The SMILES string of the molecule is CCCCCCC/C=C\CCCCCCCC(=O)OCCCCCCCCCCC/C=C\C/C=C\CCCCCCCCCC(=O)NC(CO)C(O)/C=C/CCCCCCCCCCCCCCCCC. The van der Waals surface area contributed by atoms with Crippen LogP contribution in [-0.2, 0) is 14.3 Å². The minimum absolute atomic E-state index is 0.00228. The summed E-state index contributed by atoms with van der Waals surface area (Å²) in [5.41, 5.74) is 0. The number of esters is 1. The van der Waals surface area contributed by atoms with E-state index in [4.69, 9.17) is 4.74 Å². The van der Waals surface area contributed by atoms with E-state index in [0.29, 0.717) is 19.4 Å². The minimum Gasteiger partial charge on any atom is -0.466 e. The van der Waals surface area contributed by atoms with Crippen LogP contribution in [0.4, 0.5) is 0 Å². The van der Waals surface area contributed by atoms with E-state index in [1.54, 1.807) is 6.08 Å². The molecule has 0 aromatic heterocycles. The summed E-state index contributed by atoms with van der Waals surface area (Å²) in [4.78, 5) is 24.5. The van der Waals surface area contributed by atoms with Crippen LogP contribution in [0, 0.1) is 0 Å². The Hall–Kier alpha value is -2.18. The zero-order chi connectivity index (χ0) is 51.4. The molecule has 0 aromatic carbocycles. The average Bonchev–Trinajstić information content (AvgIpc) is 3.37. The van der Waals surface area contributed by atoms with E-state index in [1.807, 2.05) is 6.08 Å². The summed E-state index contributed by atoms with van der Waals surface area (Å²) in [5, 5.41) is 23.1. The lowest BCUT2D eigenvalue weighted by molar-refractivity contribution is -0.143. The highest BCUT2D eigenvalue weighted by molar-refractivity contribution is 5.76. The van der Waals surface area contributed by atoms with Crippen LogP contribution >= 0.6 is 0 Å². The molecule has 2 atom stereocenters. The second kappa shape index (κ2) is 60.4. The van der Waals surface area contributed by atoms with Crippen molar-refractivity contribution in [2.75, 3.05) is 13.2 Å². The van der Waals surface area contributed by atoms with E-state index in [0.717, 1.165) is 64.2 Å². The molecule has 0 aromatic rings. The molecule has 0 saturated carbocycles. The number of carbonyl (C=O) groups excluding carboxylic acids is 2. The van der Waals surface area contributed by atoms with Crippen LogP contribution in [-0.4, -0.2) is 47.4 Å². The molecule has 0 saturated heterocycles. The van der Waals surface area contributed by atoms with Crippen molar-refractivity contribution in [1.29, 1.82) is 0 Å². The molecule has 71 heavy (non-hydrogen) atoms. The van der Waals surface area contributed by atoms with E-state index < -0.39 is 12.1 Å². The van der Waals surface area contributed by atoms with Gasteiger partial charge in [-0.25, -0.2) is 0 Å². The third-order valence-corrected chi connectivity index (χ3v) is 14.3. The van der Waals surface area contributed by atoms with Gasteiger partial charge < -0.3 is 20.3 Å². The zero-order valence-electron chi connectivity index (χ0n) is 47.5. The van der Waals surface area contributed by atoms with E-state index >= 15 is 0 Å². The fraction of sp³-hybridized carbons (Fsp3) is 0.846. The maximum atomic E-state index is 12.5. The monoisotopic (exact) mass is 996 g/mol. The number of hydrogen-bond donors (Lipinski definition) is 3. The van der Waals surface area contributed by atoms with Gasteiger partial charge >= 0.3 is 5.97 Å². The smallest absolute Gasteiger partial charge is 0.305 e. The Labute approximate surface area is 442 Å². The maximum absolute atomic E-state index is 12.5. The molecule has 3 N–H and O–H groups in total. The van der Waals surface area contributed by atoms with Crippen LogP contribution in [0.2, 0.25) is 0 Å². The van der Waals surface area contributed by atoms with Gasteiger partial charge in [-0.05, 0) is 89.9 Å². The van der Waals surface area contributed by atoms with Gasteiger partial charge in [0.25, 0.3) is 0 Å². The summed E-state index contributed by atoms with van der Waals surface area (Å²) in [6.07, 6.45) is 77.2. The van der Waals surface area contributed by atoms with Crippen molar-refractivity contribution in [2.24, 2.45) is 0 Å². The predicted molar refractivity (Wildman–Crippen MR) is 310 cm³/mol. The van der Waals surface area contributed by atoms with Crippen molar-refractivity contribution in [1.82, 2.24) is 5.32 Å². The second-order valence-corrected chi connectivity index (χ2v) is 21.4. The standard InChI is InChI=1S/C65H121NO5/c1-3-5-7-9-11-13-15-17-19-27-30-33-37-41-45-49-53-57-63(68)62(61-67)66-64(69)58-54-50-46-42-38-34-31-28-25-23-21-20-22-24-26-29-32-36-40-44-48-52-56-60-71-65(70)59-55-51-47-43-39-35-18-16-14-12-10-8-6-4-2/h16,18,20,22-23,25,53,57,62-63,67-68H,3-15,17,19,21,24,26-52,54-56,58-61H2,1-2H3,(H,66,69)/b18-16-,22-20-,25-23-,57-53+. The van der Waals surface area contributed by atoms with Gasteiger partial charge in [0.15, 0.2) is 0 Å². The predicted octanol–water partition coefficient (Wildman–Crippen LogP) is 19.7. The summed E-state index contributed by atoms with van der Waals surface area (Å²) in [5.74, 6) is -0.0796. The van der Waals surface area contributed by atoms with Gasteiger partial charge in [0.2, 0.25) is 5.91 Å². The third kappa shape index (κ3) is 57.0. The molecule has 0 bridgehead atoms. The van der Waals surface area contributed by atoms with Crippen LogP contribution in [0.3, 0.4) is 0 Å². The van der Waals surface area contributed by atoms with Gasteiger partial charge in [-0.2, -0.15) is 0 Å². The van der Waals surface area contributed by atoms with Crippen molar-refractivity contribution in [3.8, 4) is 0 Å². The summed E-state index contributed by atoms with van der Waals surface area (Å²) >= 11 is 0. The summed E-state index contributed by atoms with van der Waals surface area (Å²) in [6.45, 7) is 4.89. The minimum atomic E-state index is -0.852. The molecule has 0 radical (unpaired) electrons. The van der Waals surface area contributed by atoms with Gasteiger partial charge in [-0.1, -0.05) is 274 Å². The molecule has 0 rings (SSSR count). The first kappa shape index (κ1) is 68.8. The molecular weight excluding hydrogens is 875 g/mol. The molecule has 1 amide bonds. The quantitative estimate of drug-likeness (QED) is 0.0321. The zero-order valence-corrected chi connectivity index (χ0v) is 47.5. The van der Waals surface area contributed by atoms with Crippen LogP contribution in [0.25, 0.3) is 0 Å². The Kier molecular flexibility index (Phi) is 58.5. The Balaban J connectivity index is 3.48. The van der Waals surface area contributed by atoms with Gasteiger partial charge in [0.1, 0.15) is 0 Å². The lowest BCUT2D eigenvalue weighted by Crippen LogP contribution is -2.45. The molecular formula is C65H121NO5. The lowest BCUT2D eigenvalue weighted by Gasteiger charge is -2.20. The molecule has 0 aliphatic rings. The molecule has 2 unspecified atom stereocenters. The number of ether oxygens (including phenoxy) is 1. The van der Waals surface area contributed by atoms with E-state index in [2.05, 4.69) is 55.6 Å². The fourth-order valence-corrected chi connectivity index (χ4v) is 9.48. The highest BCUT2D eigenvalue weighted by Crippen LogP contribution is 2.16. The summed E-state index contributed by atoms with van der Waals surface area (Å²) < 4.78 is 5.47. The number of carbonyl (C=O) groups is 2. The number of unbranched alkanes of at least 4 members (excludes halogenated alkanes) is 41. The molecule has 6 nitrogen and oxygen atoms in total. The van der Waals surface area contributed by atoms with Gasteiger partial charge in [0, 0.05) is 12.8 Å². The number of aliphatic hydroxyl groups is 2. The first-order valence-electron chi connectivity index (χ1n) is 31.4. The Morgan fingerprint density at radius 2 is 0.704 bits per heavy atom. The molecule has 0 aliphatic heterocycles. The first-order valence-corrected chi connectivity index (χ1v) is 31.4. The normalized spacial score (nSPS) is 12.9. The highest BCUT2D eigenvalue weighted by Gasteiger charge is 2.18. The van der Waals surface area contributed by atoms with E-state index in [1.165, 1.54) is 238 Å². The molecule has 6 heteroatoms. The Morgan fingerprint density at radius 1 is 0.394 bits per heavy atom. The number of aliphatic hydroxyl groups excluding tert-OH is 2. The van der Waals surface area contributed by atoms with Crippen LogP contribution in [0.5, 0.6) is 0 Å². The topological polar surface area (TPSA) is 95.9 Å². The molecule has 0 heterocycles.